The first-order valence-electron chi connectivity index (χ1n) is 6.83. The third-order valence-electron chi connectivity index (χ3n) is 3.23. The second-order valence-corrected chi connectivity index (χ2v) is 6.88. The van der Waals surface area contributed by atoms with Crippen LogP contribution in [0.25, 0.3) is 0 Å². The third-order valence-corrected chi connectivity index (χ3v) is 4.79. The number of carbonyl (C=O) groups is 1. The summed E-state index contributed by atoms with van der Waals surface area (Å²) in [6.45, 7) is 0. The molecule has 22 heavy (non-hydrogen) atoms. The average Bonchev–Trinajstić information content (AvgIpc) is 3.32. The molecular formula is C15H13Cl2N3OS. The van der Waals surface area contributed by atoms with Crippen LogP contribution in [0, 0.1) is 5.92 Å². The molecule has 3 rings (SSSR count). The normalized spacial score (nSPS) is 13.9. The molecule has 1 aliphatic carbocycles. The van der Waals surface area contributed by atoms with Crippen molar-refractivity contribution in [3.63, 3.8) is 0 Å². The Kier molecular flexibility index (Phi) is 4.86. The first-order valence-corrected chi connectivity index (χ1v) is 8.57. The fourth-order valence-electron chi connectivity index (χ4n) is 1.83. The molecule has 0 saturated heterocycles. The molecule has 4 nitrogen and oxygen atoms in total. The summed E-state index contributed by atoms with van der Waals surface area (Å²) in [5.41, 5.74) is 0.990. The topological polar surface area (TPSA) is 54.9 Å². The average molecular weight is 354 g/mol. The summed E-state index contributed by atoms with van der Waals surface area (Å²) in [6, 6.07) is 9.03. The summed E-state index contributed by atoms with van der Waals surface area (Å²) in [4.78, 5) is 11.6. The number of amides is 1. The third kappa shape index (κ3) is 4.12. The van der Waals surface area contributed by atoms with E-state index < -0.39 is 0 Å². The fourth-order valence-corrected chi connectivity index (χ4v) is 3.20. The van der Waals surface area contributed by atoms with Gasteiger partial charge in [0.05, 0.1) is 0 Å². The predicted molar refractivity (Wildman–Crippen MR) is 89.4 cm³/mol. The van der Waals surface area contributed by atoms with E-state index in [1.165, 1.54) is 11.8 Å². The number of hydrogen-bond acceptors (Lipinski definition) is 4. The van der Waals surface area contributed by atoms with Gasteiger partial charge >= 0.3 is 0 Å². The molecule has 1 aromatic heterocycles. The number of carbonyl (C=O) groups excluding carboxylic acids is 1. The van der Waals surface area contributed by atoms with E-state index in [-0.39, 0.29) is 11.8 Å². The van der Waals surface area contributed by atoms with E-state index in [0.717, 1.165) is 23.4 Å². The number of halogens is 2. The van der Waals surface area contributed by atoms with Gasteiger partial charge in [-0.2, -0.15) is 0 Å². The molecule has 0 spiro atoms. The van der Waals surface area contributed by atoms with E-state index in [0.29, 0.717) is 21.6 Å². The zero-order valence-electron chi connectivity index (χ0n) is 11.6. The number of rotatable bonds is 5. The van der Waals surface area contributed by atoms with Gasteiger partial charge in [-0.15, -0.1) is 10.2 Å². The van der Waals surface area contributed by atoms with Crippen LogP contribution in [0.5, 0.6) is 0 Å². The summed E-state index contributed by atoms with van der Waals surface area (Å²) < 4.78 is 0. The zero-order valence-corrected chi connectivity index (χ0v) is 13.9. The minimum absolute atomic E-state index is 0.0302. The van der Waals surface area contributed by atoms with E-state index in [4.69, 9.17) is 23.2 Å². The Labute approximate surface area is 142 Å². The van der Waals surface area contributed by atoms with Gasteiger partial charge in [0.1, 0.15) is 5.03 Å². The molecule has 1 aromatic carbocycles. The van der Waals surface area contributed by atoms with Gasteiger partial charge < -0.3 is 5.32 Å². The summed E-state index contributed by atoms with van der Waals surface area (Å²) in [7, 11) is 0. The lowest BCUT2D eigenvalue weighted by Crippen LogP contribution is -2.14. The lowest BCUT2D eigenvalue weighted by molar-refractivity contribution is -0.117. The number of benzene rings is 1. The number of aromatic nitrogens is 2. The van der Waals surface area contributed by atoms with Gasteiger partial charge in [-0.25, -0.2) is 0 Å². The van der Waals surface area contributed by atoms with Crippen LogP contribution >= 0.6 is 35.0 Å². The molecule has 0 unspecified atom stereocenters. The lowest BCUT2D eigenvalue weighted by Gasteiger charge is -2.05. The molecule has 1 saturated carbocycles. The van der Waals surface area contributed by atoms with E-state index in [1.807, 2.05) is 18.2 Å². The molecule has 114 valence electrons. The second-order valence-electron chi connectivity index (χ2n) is 5.04. The van der Waals surface area contributed by atoms with Gasteiger partial charge in [0.2, 0.25) is 5.91 Å². The summed E-state index contributed by atoms with van der Waals surface area (Å²) >= 11 is 13.5. The van der Waals surface area contributed by atoms with Gasteiger partial charge in [-0.05, 0) is 42.7 Å². The number of nitrogens with zero attached hydrogens (tertiary/aromatic N) is 2. The van der Waals surface area contributed by atoms with Crippen LogP contribution in [0.3, 0.4) is 0 Å². The Morgan fingerprint density at radius 1 is 1.23 bits per heavy atom. The monoisotopic (exact) mass is 353 g/mol. The highest BCUT2D eigenvalue weighted by molar-refractivity contribution is 7.98. The predicted octanol–water partition coefficient (Wildman–Crippen LogP) is 4.42. The molecular weight excluding hydrogens is 341 g/mol. The van der Waals surface area contributed by atoms with E-state index >= 15 is 0 Å². The number of nitrogens with one attached hydrogen (secondary N) is 1. The van der Waals surface area contributed by atoms with Crippen molar-refractivity contribution >= 4 is 46.7 Å². The highest BCUT2D eigenvalue weighted by atomic mass is 35.5. The van der Waals surface area contributed by atoms with Crippen LogP contribution in [0.15, 0.2) is 35.4 Å². The van der Waals surface area contributed by atoms with Crippen molar-refractivity contribution in [1.82, 2.24) is 10.2 Å². The Hall–Kier alpha value is -1.30. The Morgan fingerprint density at radius 3 is 2.68 bits per heavy atom. The van der Waals surface area contributed by atoms with E-state index in [9.17, 15) is 4.79 Å². The molecule has 1 heterocycles. The second kappa shape index (κ2) is 6.86. The van der Waals surface area contributed by atoms with Gasteiger partial charge in [-0.1, -0.05) is 41.0 Å². The van der Waals surface area contributed by atoms with Gasteiger partial charge in [0.15, 0.2) is 5.82 Å². The van der Waals surface area contributed by atoms with Gasteiger partial charge in [0, 0.05) is 21.7 Å². The molecule has 7 heteroatoms. The van der Waals surface area contributed by atoms with Crippen molar-refractivity contribution in [2.24, 2.45) is 5.92 Å². The van der Waals surface area contributed by atoms with Gasteiger partial charge in [-0.3, -0.25) is 4.79 Å². The molecule has 0 atom stereocenters. The van der Waals surface area contributed by atoms with Crippen LogP contribution in [0.2, 0.25) is 10.0 Å². The first-order chi connectivity index (χ1) is 10.6. The highest BCUT2D eigenvalue weighted by Crippen LogP contribution is 2.30. The highest BCUT2D eigenvalue weighted by Gasteiger charge is 2.29. The molecule has 2 aromatic rings. The van der Waals surface area contributed by atoms with Crippen molar-refractivity contribution in [2.75, 3.05) is 5.32 Å². The summed E-state index contributed by atoms with van der Waals surface area (Å²) in [5.74, 6) is 1.36. The maximum atomic E-state index is 11.6. The molecule has 0 bridgehead atoms. The summed E-state index contributed by atoms with van der Waals surface area (Å²) in [5, 5.41) is 12.9. The SMILES string of the molecule is O=C(Nc1ccc(SCc2ccc(Cl)cc2Cl)nn1)C1CC1. The number of thioether (sulfide) groups is 1. The molecule has 1 aliphatic rings. The summed E-state index contributed by atoms with van der Waals surface area (Å²) in [6.07, 6.45) is 1.93. The van der Waals surface area contributed by atoms with Crippen molar-refractivity contribution < 1.29 is 4.79 Å². The van der Waals surface area contributed by atoms with Crippen LogP contribution < -0.4 is 5.32 Å². The number of anilines is 1. The first kappa shape index (κ1) is 15.6. The van der Waals surface area contributed by atoms with Crippen LogP contribution in [0.4, 0.5) is 5.82 Å². The van der Waals surface area contributed by atoms with E-state index in [1.54, 1.807) is 12.1 Å². The molecule has 1 amide bonds. The van der Waals surface area contributed by atoms with Crippen molar-refractivity contribution in [3.8, 4) is 0 Å². The van der Waals surface area contributed by atoms with Crippen molar-refractivity contribution in [3.05, 3.63) is 45.9 Å². The smallest absolute Gasteiger partial charge is 0.228 e. The Bertz CT molecular complexity index is 690. The Morgan fingerprint density at radius 2 is 2.05 bits per heavy atom. The van der Waals surface area contributed by atoms with Crippen LogP contribution in [-0.2, 0) is 10.5 Å². The fraction of sp³-hybridized carbons (Fsp3) is 0.267. The minimum Gasteiger partial charge on any atom is -0.309 e. The van der Waals surface area contributed by atoms with E-state index in [2.05, 4.69) is 15.5 Å². The zero-order chi connectivity index (χ0) is 15.5. The molecule has 0 aliphatic heterocycles. The molecule has 1 fully saturated rings. The minimum atomic E-state index is 0.0302. The maximum Gasteiger partial charge on any atom is 0.228 e. The molecule has 1 N–H and O–H groups in total. The lowest BCUT2D eigenvalue weighted by atomic mass is 10.2. The largest absolute Gasteiger partial charge is 0.309 e. The van der Waals surface area contributed by atoms with Crippen molar-refractivity contribution in [2.45, 2.75) is 23.6 Å². The van der Waals surface area contributed by atoms with Crippen LogP contribution in [-0.4, -0.2) is 16.1 Å². The Balaban J connectivity index is 1.57. The standard InChI is InChI=1S/C15H13Cl2N3OS/c16-11-4-3-10(12(17)7-11)8-22-14-6-5-13(19-20-14)18-15(21)9-1-2-9/h3-7,9H,1-2,8H2,(H,18,19,21). The quantitative estimate of drug-likeness (QED) is 0.808. The maximum absolute atomic E-state index is 11.6. The van der Waals surface area contributed by atoms with Crippen LogP contribution in [0.1, 0.15) is 18.4 Å². The molecule has 0 radical (unpaired) electrons. The number of hydrogen-bond donors (Lipinski definition) is 1. The van der Waals surface area contributed by atoms with Crippen molar-refractivity contribution in [1.29, 1.82) is 0 Å². The van der Waals surface area contributed by atoms with Gasteiger partial charge in [0.25, 0.3) is 0 Å².